The number of ether oxygens (including phenoxy) is 2. The van der Waals surface area contributed by atoms with Crippen LogP contribution in [-0.4, -0.2) is 82.0 Å². The summed E-state index contributed by atoms with van der Waals surface area (Å²) < 4.78 is 10.4. The summed E-state index contributed by atoms with van der Waals surface area (Å²) in [7, 11) is 1.70. The lowest BCUT2D eigenvalue weighted by Crippen LogP contribution is -2.51. The zero-order chi connectivity index (χ0) is 12.5. The minimum atomic E-state index is 0.509. The molecule has 5 heteroatoms. The van der Waals surface area contributed by atoms with Gasteiger partial charge >= 0.3 is 0 Å². The van der Waals surface area contributed by atoms with Crippen LogP contribution < -0.4 is 5.73 Å². The minimum Gasteiger partial charge on any atom is -0.382 e. The average Bonchev–Trinajstić information content (AvgIpc) is 2.38. The summed E-state index contributed by atoms with van der Waals surface area (Å²) in [6.07, 6.45) is 0. The molecule has 0 aromatic heterocycles. The molecule has 0 aromatic rings. The Balaban J connectivity index is 2.03. The Morgan fingerprint density at radius 3 is 2.41 bits per heavy atom. The van der Waals surface area contributed by atoms with Crippen LogP contribution in [0.5, 0.6) is 0 Å². The third-order valence-electron chi connectivity index (χ3n) is 3.35. The van der Waals surface area contributed by atoms with Gasteiger partial charge in [-0.1, -0.05) is 0 Å². The zero-order valence-corrected chi connectivity index (χ0v) is 11.2. The Morgan fingerprint density at radius 2 is 1.82 bits per heavy atom. The van der Waals surface area contributed by atoms with Crippen molar-refractivity contribution in [2.75, 3.05) is 66.2 Å². The van der Waals surface area contributed by atoms with Crippen LogP contribution >= 0.6 is 0 Å². The van der Waals surface area contributed by atoms with Crippen LogP contribution in [0.25, 0.3) is 0 Å². The third kappa shape index (κ3) is 5.79. The van der Waals surface area contributed by atoms with Gasteiger partial charge in [-0.25, -0.2) is 0 Å². The number of piperazine rings is 1. The quantitative estimate of drug-likeness (QED) is 0.591. The second kappa shape index (κ2) is 8.83. The molecule has 0 aromatic carbocycles. The topological polar surface area (TPSA) is 51.0 Å². The van der Waals surface area contributed by atoms with Crippen molar-refractivity contribution in [3.8, 4) is 0 Å². The fraction of sp³-hybridized carbons (Fsp3) is 1.00. The molecular formula is C12H27N3O2. The average molecular weight is 245 g/mol. The predicted molar refractivity (Wildman–Crippen MR) is 69.2 cm³/mol. The van der Waals surface area contributed by atoms with Crippen LogP contribution in [0.4, 0.5) is 0 Å². The van der Waals surface area contributed by atoms with Crippen LogP contribution in [0, 0.1) is 0 Å². The maximum atomic E-state index is 5.68. The molecule has 0 radical (unpaired) electrons. The second-order valence-electron chi connectivity index (χ2n) is 4.57. The smallest absolute Gasteiger partial charge is 0.0700 e. The number of nitrogens with two attached hydrogens (primary N) is 1. The van der Waals surface area contributed by atoms with Gasteiger partial charge in [0.15, 0.2) is 0 Å². The molecule has 1 heterocycles. The SMILES string of the molecule is COCCOCCN1CCN(C(C)CN)CC1. The highest BCUT2D eigenvalue weighted by molar-refractivity contribution is 4.76. The summed E-state index contributed by atoms with van der Waals surface area (Å²) in [6.45, 7) is 10.6. The van der Waals surface area contributed by atoms with Gasteiger partial charge in [0.05, 0.1) is 19.8 Å². The lowest BCUT2D eigenvalue weighted by molar-refractivity contribution is 0.0417. The van der Waals surface area contributed by atoms with E-state index in [-0.39, 0.29) is 0 Å². The van der Waals surface area contributed by atoms with Gasteiger partial charge in [-0.15, -0.1) is 0 Å². The maximum Gasteiger partial charge on any atom is 0.0700 e. The summed E-state index contributed by atoms with van der Waals surface area (Å²) in [5.74, 6) is 0. The van der Waals surface area contributed by atoms with E-state index in [4.69, 9.17) is 15.2 Å². The van der Waals surface area contributed by atoms with Crippen molar-refractivity contribution in [1.29, 1.82) is 0 Å². The first kappa shape index (κ1) is 14.9. The van der Waals surface area contributed by atoms with E-state index < -0.39 is 0 Å². The van der Waals surface area contributed by atoms with E-state index in [1.165, 1.54) is 0 Å². The zero-order valence-electron chi connectivity index (χ0n) is 11.2. The Bertz CT molecular complexity index is 185. The molecule has 1 aliphatic heterocycles. The van der Waals surface area contributed by atoms with Crippen molar-refractivity contribution >= 4 is 0 Å². The lowest BCUT2D eigenvalue weighted by atomic mass is 10.2. The van der Waals surface area contributed by atoms with Crippen molar-refractivity contribution in [3.63, 3.8) is 0 Å². The van der Waals surface area contributed by atoms with Gasteiger partial charge in [-0.2, -0.15) is 0 Å². The Hall–Kier alpha value is -0.200. The van der Waals surface area contributed by atoms with E-state index in [1.807, 2.05) is 0 Å². The van der Waals surface area contributed by atoms with Gasteiger partial charge in [-0.3, -0.25) is 9.80 Å². The molecule has 0 spiro atoms. The van der Waals surface area contributed by atoms with Gasteiger partial charge in [0, 0.05) is 52.4 Å². The van der Waals surface area contributed by atoms with E-state index in [0.717, 1.165) is 45.9 Å². The normalized spacial score (nSPS) is 20.6. The van der Waals surface area contributed by atoms with Crippen LogP contribution in [0.1, 0.15) is 6.92 Å². The monoisotopic (exact) mass is 245 g/mol. The molecule has 1 atom stereocenters. The molecular weight excluding hydrogens is 218 g/mol. The fourth-order valence-corrected chi connectivity index (χ4v) is 2.01. The molecule has 1 saturated heterocycles. The van der Waals surface area contributed by atoms with Crippen molar-refractivity contribution in [3.05, 3.63) is 0 Å². The molecule has 1 fully saturated rings. The molecule has 102 valence electrons. The van der Waals surface area contributed by atoms with E-state index in [1.54, 1.807) is 7.11 Å². The molecule has 1 aliphatic rings. The summed E-state index contributed by atoms with van der Waals surface area (Å²) in [5.41, 5.74) is 5.68. The van der Waals surface area contributed by atoms with Crippen molar-refractivity contribution < 1.29 is 9.47 Å². The first-order chi connectivity index (χ1) is 8.27. The molecule has 0 amide bonds. The highest BCUT2D eigenvalue weighted by Gasteiger charge is 2.19. The second-order valence-corrected chi connectivity index (χ2v) is 4.57. The largest absolute Gasteiger partial charge is 0.382 e. The van der Waals surface area contributed by atoms with E-state index in [2.05, 4.69) is 16.7 Å². The van der Waals surface area contributed by atoms with E-state index in [9.17, 15) is 0 Å². The lowest BCUT2D eigenvalue weighted by Gasteiger charge is -2.37. The predicted octanol–water partition coefficient (Wildman–Crippen LogP) is -0.386. The van der Waals surface area contributed by atoms with Crippen molar-refractivity contribution in [2.24, 2.45) is 5.73 Å². The van der Waals surface area contributed by atoms with Gasteiger partial charge in [-0.05, 0) is 6.92 Å². The van der Waals surface area contributed by atoms with Gasteiger partial charge in [0.25, 0.3) is 0 Å². The fourth-order valence-electron chi connectivity index (χ4n) is 2.01. The van der Waals surface area contributed by atoms with Crippen LogP contribution in [0.15, 0.2) is 0 Å². The summed E-state index contributed by atoms with van der Waals surface area (Å²) in [4.78, 5) is 4.91. The minimum absolute atomic E-state index is 0.509. The summed E-state index contributed by atoms with van der Waals surface area (Å²) >= 11 is 0. The number of hydrogen-bond acceptors (Lipinski definition) is 5. The molecule has 1 unspecified atom stereocenters. The number of hydrogen-bond donors (Lipinski definition) is 1. The Labute approximate surface area is 105 Å². The van der Waals surface area contributed by atoms with E-state index >= 15 is 0 Å². The third-order valence-corrected chi connectivity index (χ3v) is 3.35. The van der Waals surface area contributed by atoms with Crippen molar-refractivity contribution in [1.82, 2.24) is 9.80 Å². The number of methoxy groups -OCH3 is 1. The molecule has 0 aliphatic carbocycles. The molecule has 1 rings (SSSR count). The van der Waals surface area contributed by atoms with Crippen molar-refractivity contribution in [2.45, 2.75) is 13.0 Å². The first-order valence-corrected chi connectivity index (χ1v) is 6.51. The molecule has 17 heavy (non-hydrogen) atoms. The first-order valence-electron chi connectivity index (χ1n) is 6.51. The van der Waals surface area contributed by atoms with Gasteiger partial charge < -0.3 is 15.2 Å². The summed E-state index contributed by atoms with van der Waals surface area (Å²) in [5, 5.41) is 0. The van der Waals surface area contributed by atoms with Crippen LogP contribution in [0.2, 0.25) is 0 Å². The van der Waals surface area contributed by atoms with E-state index in [0.29, 0.717) is 19.3 Å². The molecule has 0 bridgehead atoms. The maximum absolute atomic E-state index is 5.68. The van der Waals surface area contributed by atoms with Gasteiger partial charge in [0.2, 0.25) is 0 Å². The number of rotatable bonds is 8. The molecule has 0 saturated carbocycles. The van der Waals surface area contributed by atoms with Gasteiger partial charge in [0.1, 0.15) is 0 Å². The van der Waals surface area contributed by atoms with Crippen LogP contribution in [0.3, 0.4) is 0 Å². The Morgan fingerprint density at radius 1 is 1.12 bits per heavy atom. The summed E-state index contributed by atoms with van der Waals surface area (Å²) in [6, 6.07) is 0.509. The molecule has 2 N–H and O–H groups in total. The van der Waals surface area contributed by atoms with Crippen LogP contribution in [-0.2, 0) is 9.47 Å². The standard InChI is InChI=1S/C12H27N3O2/c1-12(11-13)15-5-3-14(4-6-15)7-8-17-10-9-16-2/h12H,3-11,13H2,1-2H3. The number of nitrogens with zero attached hydrogens (tertiary/aromatic N) is 2. The highest BCUT2D eigenvalue weighted by Crippen LogP contribution is 2.05. The molecule has 5 nitrogen and oxygen atoms in total. The highest BCUT2D eigenvalue weighted by atomic mass is 16.5. The Kier molecular flexibility index (Phi) is 7.72.